The Morgan fingerprint density at radius 3 is 2.50 bits per heavy atom. The number of aromatic nitrogens is 1. The summed E-state index contributed by atoms with van der Waals surface area (Å²) in [5.74, 6) is 0.454. The number of methoxy groups -OCH3 is 1. The molecule has 2 rings (SSSR count). The number of pyridine rings is 1. The summed E-state index contributed by atoms with van der Waals surface area (Å²) in [6.45, 7) is 7.75. The number of ether oxygens (including phenoxy) is 2. The summed E-state index contributed by atoms with van der Waals surface area (Å²) < 4.78 is 10.4. The van der Waals surface area contributed by atoms with Crippen LogP contribution in [0.15, 0.2) is 42.6 Å². The molecule has 0 aliphatic heterocycles. The summed E-state index contributed by atoms with van der Waals surface area (Å²) in [5, 5.41) is 2.93. The second-order valence-electron chi connectivity index (χ2n) is 6.51. The van der Waals surface area contributed by atoms with Gasteiger partial charge in [0.2, 0.25) is 5.88 Å². The Kier molecular flexibility index (Phi) is 9.28. The highest BCUT2D eigenvalue weighted by Crippen LogP contribution is 2.16. The molecular weight excluding hydrogens is 354 g/mol. The highest BCUT2D eigenvalue weighted by atomic mass is 16.5. The lowest BCUT2D eigenvalue weighted by Gasteiger charge is -2.23. The first-order valence-corrected chi connectivity index (χ1v) is 9.87. The van der Waals surface area contributed by atoms with E-state index in [9.17, 15) is 4.79 Å². The lowest BCUT2D eigenvalue weighted by molar-refractivity contribution is 0.0951. The molecule has 0 unspecified atom stereocenters. The summed E-state index contributed by atoms with van der Waals surface area (Å²) in [6.07, 6.45) is 4.05. The van der Waals surface area contributed by atoms with Gasteiger partial charge >= 0.3 is 0 Å². The minimum absolute atomic E-state index is 0.0939. The van der Waals surface area contributed by atoms with E-state index in [1.807, 2.05) is 30.3 Å². The molecule has 28 heavy (non-hydrogen) atoms. The minimum Gasteiger partial charge on any atom is -0.475 e. The number of nitrogens with zero attached hydrogens (tertiary/aromatic N) is 2. The van der Waals surface area contributed by atoms with E-state index in [4.69, 9.17) is 9.47 Å². The fourth-order valence-corrected chi connectivity index (χ4v) is 2.76. The van der Waals surface area contributed by atoms with E-state index < -0.39 is 0 Å². The maximum Gasteiger partial charge on any atom is 0.251 e. The average molecular weight is 386 g/mol. The zero-order valence-corrected chi connectivity index (χ0v) is 17.1. The van der Waals surface area contributed by atoms with Crippen LogP contribution in [-0.4, -0.2) is 44.3 Å². The molecule has 6 nitrogen and oxygen atoms in total. The predicted octanol–water partition coefficient (Wildman–Crippen LogP) is 3.66. The van der Waals surface area contributed by atoms with Crippen molar-refractivity contribution in [2.45, 2.75) is 33.2 Å². The van der Waals surface area contributed by atoms with Crippen molar-refractivity contribution in [1.82, 2.24) is 10.3 Å². The average Bonchev–Trinajstić information content (AvgIpc) is 2.74. The van der Waals surface area contributed by atoms with Crippen LogP contribution in [0, 0.1) is 0 Å². The Balaban J connectivity index is 1.85. The van der Waals surface area contributed by atoms with Gasteiger partial charge in [-0.2, -0.15) is 0 Å². The van der Waals surface area contributed by atoms with Gasteiger partial charge in [-0.05, 0) is 43.2 Å². The van der Waals surface area contributed by atoms with Crippen LogP contribution in [-0.2, 0) is 11.3 Å². The number of benzene rings is 1. The van der Waals surface area contributed by atoms with E-state index in [0.717, 1.165) is 24.3 Å². The first kappa shape index (κ1) is 21.7. The fourth-order valence-electron chi connectivity index (χ4n) is 2.76. The zero-order valence-electron chi connectivity index (χ0n) is 17.1. The van der Waals surface area contributed by atoms with Gasteiger partial charge in [-0.15, -0.1) is 0 Å². The number of carbonyl (C=O) groups is 1. The van der Waals surface area contributed by atoms with Gasteiger partial charge in [0.05, 0.1) is 6.61 Å². The first-order chi connectivity index (χ1) is 13.7. The predicted molar refractivity (Wildman–Crippen MR) is 112 cm³/mol. The number of rotatable bonds is 12. The standard InChI is InChI=1S/C22H31N3O3/c1-4-6-13-25(5-2)20-10-8-19(9-11-20)22(26)24-17-18-7-12-21(23-16-18)28-15-14-27-3/h7-12,16H,4-6,13-15,17H2,1-3H3,(H,24,26). The van der Waals surface area contributed by atoms with Crippen LogP contribution in [0.2, 0.25) is 0 Å². The van der Waals surface area contributed by atoms with Crippen LogP contribution in [0.25, 0.3) is 0 Å². The van der Waals surface area contributed by atoms with E-state index in [1.54, 1.807) is 19.4 Å². The number of hydrogen-bond acceptors (Lipinski definition) is 5. The van der Waals surface area contributed by atoms with Crippen LogP contribution in [0.1, 0.15) is 42.6 Å². The second-order valence-corrected chi connectivity index (χ2v) is 6.51. The molecule has 0 radical (unpaired) electrons. The molecule has 6 heteroatoms. The summed E-state index contributed by atoms with van der Waals surface area (Å²) in [4.78, 5) is 19.0. The molecule has 0 saturated heterocycles. The van der Waals surface area contributed by atoms with E-state index in [2.05, 4.69) is 29.0 Å². The molecule has 0 aliphatic carbocycles. The molecule has 1 N–H and O–H groups in total. The Hall–Kier alpha value is -2.60. The summed E-state index contributed by atoms with van der Waals surface area (Å²) in [5.41, 5.74) is 2.73. The van der Waals surface area contributed by atoms with Crippen molar-refractivity contribution in [3.63, 3.8) is 0 Å². The molecule has 0 saturated carbocycles. The van der Waals surface area contributed by atoms with Crippen molar-refractivity contribution in [1.29, 1.82) is 0 Å². The van der Waals surface area contributed by atoms with Crippen LogP contribution in [0.5, 0.6) is 5.88 Å². The normalized spacial score (nSPS) is 10.5. The van der Waals surface area contributed by atoms with Crippen LogP contribution in [0.4, 0.5) is 5.69 Å². The third-order valence-corrected chi connectivity index (χ3v) is 4.45. The van der Waals surface area contributed by atoms with Crippen LogP contribution in [0.3, 0.4) is 0 Å². The lowest BCUT2D eigenvalue weighted by Crippen LogP contribution is -2.25. The molecule has 0 fully saturated rings. The number of unbranched alkanes of at least 4 members (excludes halogenated alkanes) is 1. The highest BCUT2D eigenvalue weighted by molar-refractivity contribution is 5.94. The largest absolute Gasteiger partial charge is 0.475 e. The Labute approximate surface area is 167 Å². The van der Waals surface area contributed by atoms with E-state index in [0.29, 0.717) is 31.2 Å². The van der Waals surface area contributed by atoms with Gasteiger partial charge in [-0.1, -0.05) is 19.4 Å². The van der Waals surface area contributed by atoms with Gasteiger partial charge in [0.25, 0.3) is 5.91 Å². The topological polar surface area (TPSA) is 63.7 Å². The number of carbonyl (C=O) groups excluding carboxylic acids is 1. The zero-order chi connectivity index (χ0) is 20.2. The minimum atomic E-state index is -0.0939. The third kappa shape index (κ3) is 6.85. The molecule has 1 heterocycles. The van der Waals surface area contributed by atoms with Crippen molar-refractivity contribution in [3.8, 4) is 5.88 Å². The number of hydrogen-bond donors (Lipinski definition) is 1. The number of nitrogens with one attached hydrogen (secondary N) is 1. The van der Waals surface area contributed by atoms with E-state index in [-0.39, 0.29) is 5.91 Å². The molecular formula is C22H31N3O3. The van der Waals surface area contributed by atoms with Crippen LogP contribution < -0.4 is 15.0 Å². The van der Waals surface area contributed by atoms with Crippen molar-refractivity contribution in [2.24, 2.45) is 0 Å². The fraction of sp³-hybridized carbons (Fsp3) is 0.455. The molecule has 0 spiro atoms. The second kappa shape index (κ2) is 12.0. The number of anilines is 1. The Morgan fingerprint density at radius 1 is 1.11 bits per heavy atom. The maximum atomic E-state index is 12.4. The molecule has 1 aromatic heterocycles. The lowest BCUT2D eigenvalue weighted by atomic mass is 10.1. The molecule has 152 valence electrons. The van der Waals surface area contributed by atoms with Gasteiger partial charge in [0.15, 0.2) is 0 Å². The molecule has 0 atom stereocenters. The van der Waals surface area contributed by atoms with Gasteiger partial charge in [0, 0.05) is 50.3 Å². The number of amides is 1. The maximum absolute atomic E-state index is 12.4. The first-order valence-electron chi connectivity index (χ1n) is 9.87. The SMILES string of the molecule is CCCCN(CC)c1ccc(C(=O)NCc2ccc(OCCOC)nc2)cc1. The Bertz CT molecular complexity index is 702. The Morgan fingerprint density at radius 2 is 1.89 bits per heavy atom. The monoisotopic (exact) mass is 385 g/mol. The molecule has 0 aliphatic rings. The van der Waals surface area contributed by atoms with Crippen molar-refractivity contribution >= 4 is 11.6 Å². The van der Waals surface area contributed by atoms with Crippen molar-refractivity contribution in [3.05, 3.63) is 53.7 Å². The van der Waals surface area contributed by atoms with Crippen LogP contribution >= 0.6 is 0 Å². The highest BCUT2D eigenvalue weighted by Gasteiger charge is 2.08. The van der Waals surface area contributed by atoms with Gasteiger partial charge in [-0.25, -0.2) is 4.98 Å². The van der Waals surface area contributed by atoms with E-state index >= 15 is 0 Å². The van der Waals surface area contributed by atoms with Crippen molar-refractivity contribution in [2.75, 3.05) is 38.3 Å². The molecule has 0 bridgehead atoms. The van der Waals surface area contributed by atoms with Gasteiger partial charge < -0.3 is 19.7 Å². The summed E-state index contributed by atoms with van der Waals surface area (Å²) >= 11 is 0. The van der Waals surface area contributed by atoms with Crippen molar-refractivity contribution < 1.29 is 14.3 Å². The molecule has 1 amide bonds. The summed E-state index contributed by atoms with van der Waals surface area (Å²) in [6, 6.07) is 11.5. The van der Waals surface area contributed by atoms with Gasteiger partial charge in [-0.3, -0.25) is 4.79 Å². The molecule has 1 aromatic carbocycles. The smallest absolute Gasteiger partial charge is 0.251 e. The molecule has 2 aromatic rings. The third-order valence-electron chi connectivity index (χ3n) is 4.45. The van der Waals surface area contributed by atoms with E-state index in [1.165, 1.54) is 12.8 Å². The van der Waals surface area contributed by atoms with Gasteiger partial charge in [0.1, 0.15) is 6.61 Å². The summed E-state index contributed by atoms with van der Waals surface area (Å²) in [7, 11) is 1.63. The quantitative estimate of drug-likeness (QED) is 0.565.